The Balaban J connectivity index is 2.04. The zero-order valence-electron chi connectivity index (χ0n) is 11.0. The Labute approximate surface area is 112 Å². The van der Waals surface area contributed by atoms with Gasteiger partial charge in [-0.3, -0.25) is 4.79 Å². The Morgan fingerprint density at radius 2 is 2.44 bits per heavy atom. The molecule has 1 saturated heterocycles. The number of aryl methyl sites for hydroxylation is 1. The predicted octanol–water partition coefficient (Wildman–Crippen LogP) is 1.17. The van der Waals surface area contributed by atoms with Crippen molar-refractivity contribution in [2.45, 2.75) is 26.2 Å². The highest BCUT2D eigenvalue weighted by Gasteiger charge is 2.26. The number of nitrogens with one attached hydrogen (secondary N) is 1. The van der Waals surface area contributed by atoms with E-state index in [-0.39, 0.29) is 5.91 Å². The summed E-state index contributed by atoms with van der Waals surface area (Å²) in [5.41, 5.74) is 0.834. The monoisotopic (exact) mass is 268 g/mol. The number of rotatable bonds is 4. The van der Waals surface area contributed by atoms with Crippen molar-refractivity contribution in [2.24, 2.45) is 5.92 Å². The molecule has 100 valence electrons. The van der Waals surface area contributed by atoms with Crippen LogP contribution in [0.15, 0.2) is 0 Å². The number of nitrogens with zero attached hydrogens (tertiary/aromatic N) is 3. The topological polar surface area (TPSA) is 58.1 Å². The zero-order valence-corrected chi connectivity index (χ0v) is 11.8. The molecule has 18 heavy (non-hydrogen) atoms. The summed E-state index contributed by atoms with van der Waals surface area (Å²) in [6.45, 7) is 4.69. The lowest BCUT2D eigenvalue weighted by Gasteiger charge is -2.32. The quantitative estimate of drug-likeness (QED) is 0.890. The second-order valence-corrected chi connectivity index (χ2v) is 5.47. The minimum atomic E-state index is 0.114. The van der Waals surface area contributed by atoms with Gasteiger partial charge in [-0.15, -0.1) is 5.10 Å². The maximum absolute atomic E-state index is 12.4. The van der Waals surface area contributed by atoms with Gasteiger partial charge < -0.3 is 10.2 Å². The fourth-order valence-corrected chi connectivity index (χ4v) is 3.17. The standard InChI is InChI=1S/C12H20N4OS/c1-3-10-11(18-15-14-10)12(17)16-6-4-5-9(8-16)7-13-2/h9,13H,3-8H2,1-2H3. The summed E-state index contributed by atoms with van der Waals surface area (Å²) < 4.78 is 3.90. The molecule has 2 heterocycles. The van der Waals surface area contributed by atoms with Crippen LogP contribution in [0.4, 0.5) is 0 Å². The first-order chi connectivity index (χ1) is 8.76. The average Bonchev–Trinajstić information content (AvgIpc) is 2.87. The molecule has 0 bridgehead atoms. The van der Waals surface area contributed by atoms with Crippen LogP contribution in [0.1, 0.15) is 35.1 Å². The third-order valence-corrected chi connectivity index (χ3v) is 4.14. The lowest BCUT2D eigenvalue weighted by Crippen LogP contribution is -2.42. The van der Waals surface area contributed by atoms with Crippen LogP contribution in [0.3, 0.4) is 0 Å². The molecule has 0 aromatic carbocycles. The van der Waals surface area contributed by atoms with Gasteiger partial charge >= 0.3 is 0 Å². The molecule has 1 aromatic heterocycles. The van der Waals surface area contributed by atoms with Gasteiger partial charge in [0.15, 0.2) is 0 Å². The van der Waals surface area contributed by atoms with Crippen LogP contribution in [0.25, 0.3) is 0 Å². The van der Waals surface area contributed by atoms with Crippen LogP contribution >= 0.6 is 11.5 Å². The maximum atomic E-state index is 12.4. The van der Waals surface area contributed by atoms with Crippen molar-refractivity contribution >= 4 is 17.4 Å². The minimum Gasteiger partial charge on any atom is -0.338 e. The zero-order chi connectivity index (χ0) is 13.0. The van der Waals surface area contributed by atoms with Gasteiger partial charge in [-0.2, -0.15) is 0 Å². The first-order valence-electron chi connectivity index (χ1n) is 6.51. The molecule has 1 unspecified atom stereocenters. The number of amides is 1. The molecule has 1 aliphatic rings. The van der Waals surface area contributed by atoms with Crippen LogP contribution in [0.5, 0.6) is 0 Å². The number of piperidine rings is 1. The summed E-state index contributed by atoms with van der Waals surface area (Å²) in [5.74, 6) is 0.682. The molecular formula is C12H20N4OS. The summed E-state index contributed by atoms with van der Waals surface area (Å²) in [6, 6.07) is 0. The summed E-state index contributed by atoms with van der Waals surface area (Å²) in [6.07, 6.45) is 3.06. The highest BCUT2D eigenvalue weighted by Crippen LogP contribution is 2.20. The van der Waals surface area contributed by atoms with Crippen molar-refractivity contribution in [2.75, 3.05) is 26.7 Å². The number of likely N-dealkylation sites (tertiary alicyclic amines) is 1. The summed E-state index contributed by atoms with van der Waals surface area (Å²) in [7, 11) is 1.96. The Hall–Kier alpha value is -1.01. The number of aromatic nitrogens is 2. The molecular weight excluding hydrogens is 248 g/mol. The van der Waals surface area contributed by atoms with Gasteiger partial charge in [0.1, 0.15) is 4.88 Å². The van der Waals surface area contributed by atoms with Gasteiger partial charge in [-0.05, 0) is 50.3 Å². The van der Waals surface area contributed by atoms with E-state index in [4.69, 9.17) is 0 Å². The second-order valence-electron chi connectivity index (χ2n) is 4.72. The first-order valence-corrected chi connectivity index (χ1v) is 7.28. The number of hydrogen-bond acceptors (Lipinski definition) is 5. The van der Waals surface area contributed by atoms with Crippen LogP contribution < -0.4 is 5.32 Å². The average molecular weight is 268 g/mol. The van der Waals surface area contributed by atoms with Gasteiger partial charge in [0, 0.05) is 13.1 Å². The molecule has 1 amide bonds. The normalized spacial score (nSPS) is 20.1. The third-order valence-electron chi connectivity index (χ3n) is 3.38. The Kier molecular flexibility index (Phi) is 4.66. The minimum absolute atomic E-state index is 0.114. The Morgan fingerprint density at radius 3 is 3.17 bits per heavy atom. The van der Waals surface area contributed by atoms with Gasteiger partial charge in [0.25, 0.3) is 5.91 Å². The largest absolute Gasteiger partial charge is 0.338 e. The molecule has 1 fully saturated rings. The molecule has 0 aliphatic carbocycles. The van der Waals surface area contributed by atoms with Gasteiger partial charge in [0.2, 0.25) is 0 Å². The van der Waals surface area contributed by atoms with Crippen LogP contribution in [0, 0.1) is 5.92 Å². The van der Waals surface area contributed by atoms with E-state index >= 15 is 0 Å². The molecule has 5 nitrogen and oxygen atoms in total. The highest BCUT2D eigenvalue weighted by molar-refractivity contribution is 7.08. The van der Waals surface area contributed by atoms with Crippen molar-refractivity contribution in [3.05, 3.63) is 10.6 Å². The molecule has 0 saturated carbocycles. The fourth-order valence-electron chi connectivity index (χ4n) is 2.45. The molecule has 1 aromatic rings. The lowest BCUT2D eigenvalue weighted by molar-refractivity contribution is 0.0678. The SMILES string of the molecule is CCc1nnsc1C(=O)N1CCCC(CNC)C1. The van der Waals surface area contributed by atoms with Crippen molar-refractivity contribution in [3.8, 4) is 0 Å². The predicted molar refractivity (Wildman–Crippen MR) is 71.8 cm³/mol. The van der Waals surface area contributed by atoms with Gasteiger partial charge in [-0.1, -0.05) is 11.4 Å². The van der Waals surface area contributed by atoms with E-state index in [9.17, 15) is 4.79 Å². The Bertz CT molecular complexity index is 405. The molecule has 0 spiro atoms. The van der Waals surface area contributed by atoms with E-state index in [1.165, 1.54) is 18.0 Å². The number of carbonyl (C=O) groups excluding carboxylic acids is 1. The van der Waals surface area contributed by atoms with Gasteiger partial charge in [-0.25, -0.2) is 0 Å². The number of carbonyl (C=O) groups is 1. The smallest absolute Gasteiger partial charge is 0.267 e. The van der Waals surface area contributed by atoms with E-state index in [2.05, 4.69) is 14.9 Å². The van der Waals surface area contributed by atoms with Crippen molar-refractivity contribution in [3.63, 3.8) is 0 Å². The summed E-state index contributed by atoms with van der Waals surface area (Å²) >= 11 is 1.22. The number of hydrogen-bond donors (Lipinski definition) is 1. The molecule has 1 atom stereocenters. The Morgan fingerprint density at radius 1 is 1.61 bits per heavy atom. The van der Waals surface area contributed by atoms with Crippen molar-refractivity contribution in [1.82, 2.24) is 19.8 Å². The van der Waals surface area contributed by atoms with E-state index in [0.29, 0.717) is 5.92 Å². The first kappa shape index (κ1) is 13.4. The maximum Gasteiger partial charge on any atom is 0.267 e. The van der Waals surface area contributed by atoms with Crippen molar-refractivity contribution in [1.29, 1.82) is 0 Å². The lowest BCUT2D eigenvalue weighted by atomic mass is 9.98. The van der Waals surface area contributed by atoms with E-state index < -0.39 is 0 Å². The van der Waals surface area contributed by atoms with Crippen molar-refractivity contribution < 1.29 is 4.79 Å². The van der Waals surface area contributed by atoms with Gasteiger partial charge in [0.05, 0.1) is 5.69 Å². The van der Waals surface area contributed by atoms with E-state index in [0.717, 1.165) is 43.0 Å². The van der Waals surface area contributed by atoms with Crippen LogP contribution in [0.2, 0.25) is 0 Å². The van der Waals surface area contributed by atoms with E-state index in [1.807, 2.05) is 18.9 Å². The second kappa shape index (κ2) is 6.24. The van der Waals surface area contributed by atoms with Crippen LogP contribution in [-0.2, 0) is 6.42 Å². The third kappa shape index (κ3) is 2.87. The highest BCUT2D eigenvalue weighted by atomic mass is 32.1. The molecule has 1 aliphatic heterocycles. The summed E-state index contributed by atoms with van der Waals surface area (Å²) in [4.78, 5) is 15.1. The molecule has 2 rings (SSSR count). The molecule has 6 heteroatoms. The molecule has 1 N–H and O–H groups in total. The van der Waals surface area contributed by atoms with Crippen LogP contribution in [-0.4, -0.2) is 47.1 Å². The molecule has 0 radical (unpaired) electrons. The van der Waals surface area contributed by atoms with E-state index in [1.54, 1.807) is 0 Å². The fraction of sp³-hybridized carbons (Fsp3) is 0.750. The summed E-state index contributed by atoms with van der Waals surface area (Å²) in [5, 5.41) is 7.21.